The van der Waals surface area contributed by atoms with Crippen molar-refractivity contribution in [3.63, 3.8) is 0 Å². The third-order valence-corrected chi connectivity index (χ3v) is 4.86. The van der Waals surface area contributed by atoms with Crippen LogP contribution in [0.3, 0.4) is 0 Å². The number of aromatic nitrogens is 1. The molecule has 0 saturated carbocycles. The van der Waals surface area contributed by atoms with E-state index in [-0.39, 0.29) is 17.7 Å². The number of benzene rings is 1. The minimum Gasteiger partial charge on any atom is -0.361 e. The number of nitrogens with zero attached hydrogens (tertiary/aromatic N) is 1. The summed E-state index contributed by atoms with van der Waals surface area (Å²) < 4.78 is 0. The van der Waals surface area contributed by atoms with Crippen LogP contribution in [0.1, 0.15) is 18.4 Å². The van der Waals surface area contributed by atoms with Crippen LogP contribution in [0.5, 0.6) is 0 Å². The van der Waals surface area contributed by atoms with Gasteiger partial charge in [0.2, 0.25) is 11.8 Å². The number of carbonyl (C=O) groups excluding carboxylic acids is 2. The van der Waals surface area contributed by atoms with Crippen molar-refractivity contribution < 1.29 is 9.59 Å². The highest BCUT2D eigenvalue weighted by atomic mass is 16.2. The summed E-state index contributed by atoms with van der Waals surface area (Å²) in [5.41, 5.74) is 8.28. The Balaban J connectivity index is 1.60. The zero-order valence-corrected chi connectivity index (χ0v) is 13.9. The van der Waals surface area contributed by atoms with Crippen molar-refractivity contribution in [2.75, 3.05) is 20.1 Å². The molecule has 0 spiro atoms. The average Bonchev–Trinajstić information content (AvgIpc) is 3.03. The van der Waals surface area contributed by atoms with E-state index >= 15 is 0 Å². The monoisotopic (exact) mass is 328 g/mol. The Labute approximate surface area is 141 Å². The number of H-pyrrole nitrogens is 1. The van der Waals surface area contributed by atoms with E-state index < -0.39 is 6.04 Å². The predicted molar refractivity (Wildman–Crippen MR) is 93.3 cm³/mol. The molecule has 1 aliphatic heterocycles. The minimum atomic E-state index is -0.555. The Kier molecular flexibility index (Phi) is 4.85. The quantitative estimate of drug-likeness (QED) is 0.782. The van der Waals surface area contributed by atoms with Crippen LogP contribution in [-0.2, 0) is 16.0 Å². The molecule has 0 bridgehead atoms. The second-order valence-corrected chi connectivity index (χ2v) is 6.38. The van der Waals surface area contributed by atoms with E-state index in [1.54, 1.807) is 11.9 Å². The van der Waals surface area contributed by atoms with E-state index in [9.17, 15) is 9.59 Å². The summed E-state index contributed by atoms with van der Waals surface area (Å²) in [6, 6.07) is 7.45. The number of para-hydroxylation sites is 1. The normalized spacial score (nSPS) is 17.0. The number of aromatic amines is 1. The van der Waals surface area contributed by atoms with Gasteiger partial charge < -0.3 is 20.9 Å². The molecule has 0 radical (unpaired) electrons. The van der Waals surface area contributed by atoms with E-state index in [0.29, 0.717) is 32.4 Å². The van der Waals surface area contributed by atoms with Gasteiger partial charge in [0.25, 0.3) is 0 Å². The molecule has 6 nitrogen and oxygen atoms in total. The third kappa shape index (κ3) is 3.28. The SMILES string of the molecule is CNC(=O)C1CCN(C(=O)[C@@H](N)Cc2c[nH]c3ccccc23)CC1. The fourth-order valence-corrected chi connectivity index (χ4v) is 3.43. The lowest BCUT2D eigenvalue weighted by atomic mass is 9.95. The maximum absolute atomic E-state index is 12.6. The summed E-state index contributed by atoms with van der Waals surface area (Å²) in [7, 11) is 1.65. The smallest absolute Gasteiger partial charge is 0.239 e. The largest absolute Gasteiger partial charge is 0.361 e. The van der Waals surface area contributed by atoms with E-state index in [1.165, 1.54) is 0 Å². The molecular formula is C18H24N4O2. The van der Waals surface area contributed by atoms with Gasteiger partial charge in [-0.3, -0.25) is 9.59 Å². The van der Waals surface area contributed by atoms with Crippen molar-refractivity contribution in [2.24, 2.45) is 11.7 Å². The summed E-state index contributed by atoms with van der Waals surface area (Å²) in [5, 5.41) is 3.79. The Morgan fingerprint density at radius 2 is 2.04 bits per heavy atom. The summed E-state index contributed by atoms with van der Waals surface area (Å²) in [5.74, 6) is 0.0321. The first-order valence-electron chi connectivity index (χ1n) is 8.41. The van der Waals surface area contributed by atoms with Crippen LogP contribution >= 0.6 is 0 Å². The highest BCUT2D eigenvalue weighted by Crippen LogP contribution is 2.21. The molecule has 1 aromatic carbocycles. The standard InChI is InChI=1S/C18H24N4O2/c1-20-17(23)12-6-8-22(9-7-12)18(24)15(19)10-13-11-21-16-5-3-2-4-14(13)16/h2-5,11-12,15,21H,6-10,19H2,1H3,(H,20,23)/t15-/m0/s1. The van der Waals surface area contributed by atoms with Gasteiger partial charge in [-0.15, -0.1) is 0 Å². The zero-order valence-electron chi connectivity index (χ0n) is 13.9. The number of amides is 2. The van der Waals surface area contributed by atoms with Crippen LogP contribution in [0.15, 0.2) is 30.5 Å². The molecule has 0 aliphatic carbocycles. The second kappa shape index (κ2) is 7.05. The van der Waals surface area contributed by atoms with Gasteiger partial charge in [0.15, 0.2) is 0 Å². The van der Waals surface area contributed by atoms with Crippen LogP contribution in [-0.4, -0.2) is 47.9 Å². The number of rotatable bonds is 4. The van der Waals surface area contributed by atoms with E-state index in [2.05, 4.69) is 10.3 Å². The average molecular weight is 328 g/mol. The first-order chi connectivity index (χ1) is 11.6. The van der Waals surface area contributed by atoms with Crippen molar-refractivity contribution in [1.82, 2.24) is 15.2 Å². The van der Waals surface area contributed by atoms with E-state index in [4.69, 9.17) is 5.73 Å². The lowest BCUT2D eigenvalue weighted by Gasteiger charge is -2.32. The number of likely N-dealkylation sites (tertiary alicyclic amines) is 1. The second-order valence-electron chi connectivity index (χ2n) is 6.38. The highest BCUT2D eigenvalue weighted by molar-refractivity contribution is 5.86. The molecule has 2 heterocycles. The number of hydrogen-bond donors (Lipinski definition) is 3. The first kappa shape index (κ1) is 16.5. The van der Waals surface area contributed by atoms with Crippen LogP contribution in [0.25, 0.3) is 10.9 Å². The van der Waals surface area contributed by atoms with E-state index in [1.807, 2.05) is 30.5 Å². The molecule has 24 heavy (non-hydrogen) atoms. The molecule has 1 aromatic heterocycles. The maximum Gasteiger partial charge on any atom is 0.239 e. The van der Waals surface area contributed by atoms with Gasteiger partial charge in [-0.25, -0.2) is 0 Å². The van der Waals surface area contributed by atoms with Crippen molar-refractivity contribution >= 4 is 22.7 Å². The molecule has 2 amide bonds. The molecule has 128 valence electrons. The number of hydrogen-bond acceptors (Lipinski definition) is 3. The first-order valence-corrected chi connectivity index (χ1v) is 8.41. The topological polar surface area (TPSA) is 91.2 Å². The van der Waals surface area contributed by atoms with E-state index in [0.717, 1.165) is 16.5 Å². The molecular weight excluding hydrogens is 304 g/mol. The molecule has 2 aromatic rings. The van der Waals surface area contributed by atoms with Gasteiger partial charge in [0.1, 0.15) is 0 Å². The van der Waals surface area contributed by atoms with Crippen LogP contribution < -0.4 is 11.1 Å². The van der Waals surface area contributed by atoms with Crippen molar-refractivity contribution in [2.45, 2.75) is 25.3 Å². The Morgan fingerprint density at radius 1 is 1.33 bits per heavy atom. The minimum absolute atomic E-state index is 0.00360. The Morgan fingerprint density at radius 3 is 2.75 bits per heavy atom. The summed E-state index contributed by atoms with van der Waals surface area (Å²) >= 11 is 0. The van der Waals surface area contributed by atoms with Crippen LogP contribution in [0, 0.1) is 5.92 Å². The van der Waals surface area contributed by atoms with Crippen LogP contribution in [0.2, 0.25) is 0 Å². The number of nitrogens with two attached hydrogens (primary N) is 1. The van der Waals surface area contributed by atoms with Gasteiger partial charge >= 0.3 is 0 Å². The zero-order chi connectivity index (χ0) is 17.1. The van der Waals surface area contributed by atoms with Gasteiger partial charge in [-0.1, -0.05) is 18.2 Å². The lowest BCUT2D eigenvalue weighted by Crippen LogP contribution is -2.49. The van der Waals surface area contributed by atoms with Gasteiger partial charge in [-0.2, -0.15) is 0 Å². The maximum atomic E-state index is 12.6. The van der Waals surface area contributed by atoms with Gasteiger partial charge in [0, 0.05) is 43.2 Å². The molecule has 3 rings (SSSR count). The molecule has 1 aliphatic rings. The third-order valence-electron chi connectivity index (χ3n) is 4.86. The summed E-state index contributed by atoms with van der Waals surface area (Å²) in [6.07, 6.45) is 3.84. The molecule has 0 unspecified atom stereocenters. The molecule has 1 atom stereocenters. The van der Waals surface area contributed by atoms with Crippen molar-refractivity contribution in [3.8, 4) is 0 Å². The fourth-order valence-electron chi connectivity index (χ4n) is 3.43. The fraction of sp³-hybridized carbons (Fsp3) is 0.444. The van der Waals surface area contributed by atoms with Crippen molar-refractivity contribution in [1.29, 1.82) is 0 Å². The van der Waals surface area contributed by atoms with Gasteiger partial charge in [-0.05, 0) is 30.9 Å². The summed E-state index contributed by atoms with van der Waals surface area (Å²) in [6.45, 7) is 1.19. The van der Waals surface area contributed by atoms with Gasteiger partial charge in [0.05, 0.1) is 6.04 Å². The Bertz CT molecular complexity index is 731. The number of fused-ring (bicyclic) bond motifs is 1. The molecule has 1 fully saturated rings. The highest BCUT2D eigenvalue weighted by Gasteiger charge is 2.29. The lowest BCUT2D eigenvalue weighted by molar-refractivity contribution is -0.136. The Hall–Kier alpha value is -2.34. The van der Waals surface area contributed by atoms with Crippen molar-refractivity contribution in [3.05, 3.63) is 36.0 Å². The molecule has 4 N–H and O–H groups in total. The number of carbonyl (C=O) groups is 2. The molecule has 1 saturated heterocycles. The predicted octanol–water partition coefficient (Wildman–Crippen LogP) is 1.02. The molecule has 6 heteroatoms. The summed E-state index contributed by atoms with van der Waals surface area (Å²) in [4.78, 5) is 29.3. The number of nitrogens with one attached hydrogen (secondary N) is 2. The number of piperidine rings is 1. The van der Waals surface area contributed by atoms with Crippen LogP contribution in [0.4, 0.5) is 0 Å².